The summed E-state index contributed by atoms with van der Waals surface area (Å²) in [6, 6.07) is 4.59. The Morgan fingerprint density at radius 1 is 1.29 bits per heavy atom. The second kappa shape index (κ2) is 6.65. The lowest BCUT2D eigenvalue weighted by Gasteiger charge is -2.18. The van der Waals surface area contributed by atoms with E-state index in [9.17, 15) is 21.6 Å². The van der Waals surface area contributed by atoms with Crippen LogP contribution < -0.4 is 9.46 Å². The maximum absolute atomic E-state index is 12.2. The van der Waals surface area contributed by atoms with Crippen LogP contribution in [0.4, 0.5) is 13.2 Å². The zero-order chi connectivity index (χ0) is 16.3. The van der Waals surface area contributed by atoms with Gasteiger partial charge in [0.1, 0.15) is 5.75 Å². The first kappa shape index (κ1) is 17.8. The van der Waals surface area contributed by atoms with E-state index in [1.165, 1.54) is 12.1 Å². The van der Waals surface area contributed by atoms with E-state index < -0.39 is 27.7 Å². The number of benzene rings is 1. The number of alkyl halides is 3. The summed E-state index contributed by atoms with van der Waals surface area (Å²) in [5.74, 6) is -0.380. The summed E-state index contributed by atoms with van der Waals surface area (Å²) < 4.78 is 66.6. The van der Waals surface area contributed by atoms with E-state index in [1.54, 1.807) is 20.8 Å². The van der Waals surface area contributed by atoms with Crippen LogP contribution in [-0.2, 0) is 10.0 Å². The number of hydrogen-bond donors (Lipinski definition) is 1. The van der Waals surface area contributed by atoms with Crippen molar-refractivity contribution in [1.29, 1.82) is 0 Å². The minimum Gasteiger partial charge on any atom is -0.406 e. The molecule has 1 N–H and O–H groups in total. The lowest BCUT2D eigenvalue weighted by atomic mass is 10.1. The zero-order valence-electron chi connectivity index (χ0n) is 11.9. The summed E-state index contributed by atoms with van der Waals surface area (Å²) in [7, 11) is -3.52. The number of ether oxygens (including phenoxy) is 1. The topological polar surface area (TPSA) is 55.4 Å². The van der Waals surface area contributed by atoms with Crippen molar-refractivity contribution in [2.45, 2.75) is 44.8 Å². The van der Waals surface area contributed by atoms with Gasteiger partial charge >= 0.3 is 6.36 Å². The van der Waals surface area contributed by atoms with Crippen molar-refractivity contribution in [3.05, 3.63) is 29.8 Å². The molecule has 0 saturated carbocycles. The summed E-state index contributed by atoms with van der Waals surface area (Å²) in [5, 5.41) is -0.574. The van der Waals surface area contributed by atoms with Gasteiger partial charge in [-0.1, -0.05) is 19.1 Å². The van der Waals surface area contributed by atoms with Gasteiger partial charge in [-0.2, -0.15) is 0 Å². The quantitative estimate of drug-likeness (QED) is 0.872. The lowest BCUT2D eigenvalue weighted by molar-refractivity contribution is -0.274. The Kier molecular flexibility index (Phi) is 5.63. The van der Waals surface area contributed by atoms with Crippen LogP contribution in [0.2, 0.25) is 0 Å². The third kappa shape index (κ3) is 5.55. The van der Waals surface area contributed by atoms with Crippen LogP contribution in [-0.4, -0.2) is 20.0 Å². The highest BCUT2D eigenvalue weighted by atomic mass is 32.2. The standard InChI is InChI=1S/C13H18F3NO3S/c1-4-9(2)21(18,19)17-10(3)11-6-5-7-12(8-11)20-13(14,15)16/h5-10,17H,4H2,1-3H3/t9?,10-/m0/s1. The van der Waals surface area contributed by atoms with Crippen LogP contribution in [0, 0.1) is 0 Å². The van der Waals surface area contributed by atoms with E-state index in [-0.39, 0.29) is 5.75 Å². The molecule has 21 heavy (non-hydrogen) atoms. The van der Waals surface area contributed by atoms with E-state index in [2.05, 4.69) is 9.46 Å². The first-order chi connectivity index (χ1) is 9.55. The normalized spacial score (nSPS) is 15.5. The molecule has 0 aromatic heterocycles. The van der Waals surface area contributed by atoms with Crippen molar-refractivity contribution in [2.75, 3.05) is 0 Å². The molecule has 0 aliphatic carbocycles. The van der Waals surface area contributed by atoms with E-state index >= 15 is 0 Å². The fourth-order valence-electron chi connectivity index (χ4n) is 1.63. The molecule has 0 fully saturated rings. The van der Waals surface area contributed by atoms with E-state index in [0.717, 1.165) is 12.1 Å². The first-order valence-corrected chi connectivity index (χ1v) is 7.96. The van der Waals surface area contributed by atoms with Gasteiger partial charge in [0.25, 0.3) is 0 Å². The maximum atomic E-state index is 12.2. The number of sulfonamides is 1. The number of nitrogens with one attached hydrogen (secondary N) is 1. The van der Waals surface area contributed by atoms with Crippen LogP contribution in [0.3, 0.4) is 0 Å². The van der Waals surface area contributed by atoms with Crippen molar-refractivity contribution in [1.82, 2.24) is 4.72 Å². The molecule has 0 bridgehead atoms. The third-order valence-electron chi connectivity index (χ3n) is 3.04. The van der Waals surface area contributed by atoms with E-state index in [4.69, 9.17) is 0 Å². The molecule has 1 rings (SSSR count). The molecule has 0 spiro atoms. The number of rotatable bonds is 6. The van der Waals surface area contributed by atoms with Crippen molar-refractivity contribution < 1.29 is 26.3 Å². The Labute approximate surface area is 122 Å². The molecule has 1 unspecified atom stereocenters. The van der Waals surface area contributed by atoms with Crippen LogP contribution >= 0.6 is 0 Å². The van der Waals surface area contributed by atoms with Crippen LogP contribution in [0.25, 0.3) is 0 Å². The van der Waals surface area contributed by atoms with Gasteiger partial charge in [-0.15, -0.1) is 13.2 Å². The van der Waals surface area contributed by atoms with Crippen LogP contribution in [0.15, 0.2) is 24.3 Å². The second-order valence-corrected chi connectivity index (χ2v) is 6.85. The molecule has 0 radical (unpaired) electrons. The second-order valence-electron chi connectivity index (χ2n) is 4.72. The van der Waals surface area contributed by atoms with E-state index in [0.29, 0.717) is 12.0 Å². The molecular formula is C13H18F3NO3S. The first-order valence-electron chi connectivity index (χ1n) is 6.42. The highest BCUT2D eigenvalue weighted by Crippen LogP contribution is 2.26. The van der Waals surface area contributed by atoms with Crippen LogP contribution in [0.5, 0.6) is 5.75 Å². The predicted octanol–water partition coefficient (Wildman–Crippen LogP) is 3.36. The van der Waals surface area contributed by atoms with Gasteiger partial charge in [-0.25, -0.2) is 13.1 Å². The Bertz CT molecular complexity index is 572. The fourth-order valence-corrected chi connectivity index (χ4v) is 2.93. The molecule has 0 aliphatic heterocycles. The molecular weight excluding hydrogens is 307 g/mol. The maximum Gasteiger partial charge on any atom is 0.573 e. The van der Waals surface area contributed by atoms with Crippen molar-refractivity contribution >= 4 is 10.0 Å². The highest BCUT2D eigenvalue weighted by molar-refractivity contribution is 7.90. The molecule has 1 aromatic rings. The average molecular weight is 325 g/mol. The van der Waals surface area contributed by atoms with Gasteiger partial charge in [0.05, 0.1) is 5.25 Å². The van der Waals surface area contributed by atoms with Gasteiger partial charge < -0.3 is 4.74 Å². The summed E-state index contributed by atoms with van der Waals surface area (Å²) >= 11 is 0. The molecule has 120 valence electrons. The average Bonchev–Trinajstić information content (AvgIpc) is 2.35. The SMILES string of the molecule is CCC(C)S(=O)(=O)N[C@@H](C)c1cccc(OC(F)(F)F)c1. The highest BCUT2D eigenvalue weighted by Gasteiger charge is 2.31. The number of halogens is 3. The summed E-state index contributed by atoms with van der Waals surface area (Å²) in [5.41, 5.74) is 0.392. The van der Waals surface area contributed by atoms with Crippen LogP contribution in [0.1, 0.15) is 38.8 Å². The van der Waals surface area contributed by atoms with Crippen molar-refractivity contribution in [3.63, 3.8) is 0 Å². The summed E-state index contributed by atoms with van der Waals surface area (Å²) in [4.78, 5) is 0. The molecule has 4 nitrogen and oxygen atoms in total. The monoisotopic (exact) mass is 325 g/mol. The summed E-state index contributed by atoms with van der Waals surface area (Å²) in [6.45, 7) is 4.87. The third-order valence-corrected chi connectivity index (χ3v) is 5.11. The Morgan fingerprint density at radius 2 is 1.90 bits per heavy atom. The van der Waals surface area contributed by atoms with Gasteiger partial charge in [-0.3, -0.25) is 0 Å². The van der Waals surface area contributed by atoms with E-state index in [1.807, 2.05) is 0 Å². The van der Waals surface area contributed by atoms with Gasteiger partial charge in [0.2, 0.25) is 10.0 Å². The molecule has 8 heteroatoms. The molecule has 1 aromatic carbocycles. The van der Waals surface area contributed by atoms with Crippen molar-refractivity contribution in [3.8, 4) is 5.75 Å². The number of hydrogen-bond acceptors (Lipinski definition) is 3. The molecule has 0 amide bonds. The molecule has 2 atom stereocenters. The van der Waals surface area contributed by atoms with Gasteiger partial charge in [0.15, 0.2) is 0 Å². The van der Waals surface area contributed by atoms with Gasteiger partial charge in [-0.05, 0) is 38.0 Å². The minimum atomic E-state index is -4.78. The Morgan fingerprint density at radius 3 is 2.43 bits per heavy atom. The van der Waals surface area contributed by atoms with Crippen molar-refractivity contribution in [2.24, 2.45) is 0 Å². The molecule has 0 aliphatic rings. The summed E-state index contributed by atoms with van der Waals surface area (Å²) in [6.07, 6.45) is -4.34. The molecule has 0 heterocycles. The largest absolute Gasteiger partial charge is 0.573 e. The predicted molar refractivity (Wildman–Crippen MR) is 73.3 cm³/mol. The fraction of sp³-hybridized carbons (Fsp3) is 0.538. The Hall–Kier alpha value is -1.28. The zero-order valence-corrected chi connectivity index (χ0v) is 12.8. The lowest BCUT2D eigenvalue weighted by Crippen LogP contribution is -2.34. The smallest absolute Gasteiger partial charge is 0.406 e. The molecule has 0 saturated heterocycles. The minimum absolute atomic E-state index is 0.380. The van der Waals surface area contributed by atoms with Gasteiger partial charge in [0, 0.05) is 6.04 Å². The Balaban J connectivity index is 2.89.